The van der Waals surface area contributed by atoms with Gasteiger partial charge in [0.25, 0.3) is 0 Å². The van der Waals surface area contributed by atoms with E-state index in [1.807, 2.05) is 6.26 Å². The Morgan fingerprint density at radius 2 is 1.89 bits per heavy atom. The number of hydrogen-bond acceptors (Lipinski definition) is 4. The highest BCUT2D eigenvalue weighted by atomic mass is 32.2. The number of rotatable bonds is 9. The van der Waals surface area contributed by atoms with Gasteiger partial charge < -0.3 is 20.3 Å². The van der Waals surface area contributed by atoms with Crippen molar-refractivity contribution in [1.29, 1.82) is 0 Å². The van der Waals surface area contributed by atoms with E-state index in [2.05, 4.69) is 20.4 Å². The van der Waals surface area contributed by atoms with Crippen LogP contribution in [0, 0.1) is 0 Å². The zero-order valence-electron chi connectivity index (χ0n) is 15.6. The molecule has 27 heavy (non-hydrogen) atoms. The SMILES string of the molecule is CSCCNC(=NCc1ccc(OCC(F)(F)F)cc1)NCC(=O)N(C)C. The number of guanidine groups is 1. The fraction of sp³-hybridized carbons (Fsp3) is 0.529. The largest absolute Gasteiger partial charge is 0.484 e. The summed E-state index contributed by atoms with van der Waals surface area (Å²) in [6.07, 6.45) is -2.38. The predicted molar refractivity (Wildman–Crippen MR) is 102 cm³/mol. The van der Waals surface area contributed by atoms with Crippen LogP contribution in [-0.2, 0) is 11.3 Å². The second-order valence-electron chi connectivity index (χ2n) is 5.77. The summed E-state index contributed by atoms with van der Waals surface area (Å²) in [5.74, 6) is 1.44. The number of alkyl halides is 3. The van der Waals surface area contributed by atoms with Gasteiger partial charge in [-0.2, -0.15) is 24.9 Å². The van der Waals surface area contributed by atoms with E-state index in [-0.39, 0.29) is 18.2 Å². The first-order chi connectivity index (χ1) is 12.7. The maximum absolute atomic E-state index is 12.2. The van der Waals surface area contributed by atoms with Gasteiger partial charge >= 0.3 is 6.18 Å². The maximum atomic E-state index is 12.2. The third-order valence-electron chi connectivity index (χ3n) is 3.25. The Morgan fingerprint density at radius 3 is 2.44 bits per heavy atom. The molecule has 1 rings (SSSR count). The summed E-state index contributed by atoms with van der Waals surface area (Å²) in [5, 5.41) is 6.10. The molecule has 0 aliphatic rings. The number of carbonyl (C=O) groups is 1. The van der Waals surface area contributed by atoms with Gasteiger partial charge in [-0.1, -0.05) is 12.1 Å². The third kappa shape index (κ3) is 10.6. The van der Waals surface area contributed by atoms with Crippen molar-refractivity contribution in [3.63, 3.8) is 0 Å². The van der Waals surface area contributed by atoms with Crippen LogP contribution in [0.3, 0.4) is 0 Å². The summed E-state index contributed by atoms with van der Waals surface area (Å²) in [6, 6.07) is 6.25. The van der Waals surface area contributed by atoms with E-state index in [1.165, 1.54) is 17.0 Å². The van der Waals surface area contributed by atoms with Crippen LogP contribution < -0.4 is 15.4 Å². The van der Waals surface area contributed by atoms with E-state index in [9.17, 15) is 18.0 Å². The fourth-order valence-electron chi connectivity index (χ4n) is 1.79. The Balaban J connectivity index is 2.63. The lowest BCUT2D eigenvalue weighted by atomic mass is 10.2. The van der Waals surface area contributed by atoms with E-state index in [0.29, 0.717) is 19.0 Å². The van der Waals surface area contributed by atoms with Gasteiger partial charge in [-0.05, 0) is 24.0 Å². The molecule has 0 bridgehead atoms. The Kier molecular flexibility index (Phi) is 9.84. The van der Waals surface area contributed by atoms with Crippen molar-refractivity contribution in [2.75, 3.05) is 45.8 Å². The number of aliphatic imine (C=N–C) groups is 1. The molecule has 0 saturated heterocycles. The zero-order chi connectivity index (χ0) is 20.3. The minimum Gasteiger partial charge on any atom is -0.484 e. The monoisotopic (exact) mass is 406 g/mol. The lowest BCUT2D eigenvalue weighted by Crippen LogP contribution is -2.43. The summed E-state index contributed by atoms with van der Waals surface area (Å²) >= 11 is 1.68. The molecule has 0 aromatic heterocycles. The number of likely N-dealkylation sites (N-methyl/N-ethyl adjacent to an activating group) is 1. The van der Waals surface area contributed by atoms with Crippen LogP contribution in [0.1, 0.15) is 5.56 Å². The highest BCUT2D eigenvalue weighted by Crippen LogP contribution is 2.19. The van der Waals surface area contributed by atoms with Crippen molar-refractivity contribution in [2.24, 2.45) is 4.99 Å². The second kappa shape index (κ2) is 11.6. The van der Waals surface area contributed by atoms with Gasteiger partial charge in [0.1, 0.15) is 5.75 Å². The van der Waals surface area contributed by atoms with Crippen LogP contribution in [0.15, 0.2) is 29.3 Å². The van der Waals surface area contributed by atoms with Gasteiger partial charge in [0, 0.05) is 26.4 Å². The van der Waals surface area contributed by atoms with Gasteiger partial charge in [0.05, 0.1) is 13.1 Å². The lowest BCUT2D eigenvalue weighted by molar-refractivity contribution is -0.153. The molecule has 0 saturated carbocycles. The summed E-state index contributed by atoms with van der Waals surface area (Å²) < 4.78 is 41.1. The molecule has 0 aliphatic heterocycles. The molecule has 2 N–H and O–H groups in total. The average Bonchev–Trinajstić information content (AvgIpc) is 2.61. The van der Waals surface area contributed by atoms with Crippen LogP contribution >= 0.6 is 11.8 Å². The zero-order valence-corrected chi connectivity index (χ0v) is 16.4. The fourth-order valence-corrected chi connectivity index (χ4v) is 2.10. The summed E-state index contributed by atoms with van der Waals surface area (Å²) in [4.78, 5) is 17.6. The summed E-state index contributed by atoms with van der Waals surface area (Å²) in [5.41, 5.74) is 0.805. The van der Waals surface area contributed by atoms with Gasteiger partial charge in [-0.3, -0.25) is 4.79 Å². The van der Waals surface area contributed by atoms with Crippen molar-refractivity contribution in [1.82, 2.24) is 15.5 Å². The van der Waals surface area contributed by atoms with E-state index in [1.54, 1.807) is 38.0 Å². The molecule has 0 spiro atoms. The van der Waals surface area contributed by atoms with Crippen LogP contribution in [0.5, 0.6) is 5.75 Å². The van der Waals surface area contributed by atoms with Crippen LogP contribution in [0.25, 0.3) is 0 Å². The predicted octanol–water partition coefficient (Wildman–Crippen LogP) is 2.11. The molecule has 0 heterocycles. The molecule has 0 aliphatic carbocycles. The number of halogens is 3. The van der Waals surface area contributed by atoms with Gasteiger partial charge in [0.15, 0.2) is 12.6 Å². The highest BCUT2D eigenvalue weighted by Gasteiger charge is 2.28. The number of nitrogens with zero attached hydrogens (tertiary/aromatic N) is 2. The molecule has 6 nitrogen and oxygen atoms in total. The molecule has 10 heteroatoms. The van der Waals surface area contributed by atoms with E-state index >= 15 is 0 Å². The van der Waals surface area contributed by atoms with Crippen molar-refractivity contribution in [3.8, 4) is 5.75 Å². The average molecular weight is 406 g/mol. The Labute approximate surface area is 161 Å². The summed E-state index contributed by atoms with van der Waals surface area (Å²) in [7, 11) is 3.34. The third-order valence-corrected chi connectivity index (χ3v) is 3.86. The van der Waals surface area contributed by atoms with E-state index in [0.717, 1.165) is 11.3 Å². The molecule has 152 valence electrons. The number of nitrogens with one attached hydrogen (secondary N) is 2. The molecule has 1 aromatic carbocycles. The molecule has 0 unspecified atom stereocenters. The number of ether oxygens (including phenoxy) is 1. The van der Waals surface area contributed by atoms with E-state index < -0.39 is 12.8 Å². The Hall–Kier alpha value is -2.10. The van der Waals surface area contributed by atoms with Crippen LogP contribution in [-0.4, -0.2) is 68.7 Å². The van der Waals surface area contributed by atoms with E-state index in [4.69, 9.17) is 0 Å². The molecule has 0 fully saturated rings. The molecule has 1 aromatic rings. The number of benzene rings is 1. The first kappa shape index (κ1) is 22.9. The Bertz CT molecular complexity index is 607. The topological polar surface area (TPSA) is 66.0 Å². The summed E-state index contributed by atoms with van der Waals surface area (Å²) in [6.45, 7) is -0.210. The van der Waals surface area contributed by atoms with Gasteiger partial charge in [0.2, 0.25) is 5.91 Å². The maximum Gasteiger partial charge on any atom is 0.422 e. The standard InChI is InChI=1S/C17H25F3N4O2S/c1-24(2)15(25)11-23-16(21-8-9-27-3)22-10-13-4-6-14(7-5-13)26-12-17(18,19)20/h4-7H,8-12H2,1-3H3,(H2,21,22,23). The van der Waals surface area contributed by atoms with Gasteiger partial charge in [-0.25, -0.2) is 4.99 Å². The molecular formula is C17H25F3N4O2S. The van der Waals surface area contributed by atoms with Crippen molar-refractivity contribution >= 4 is 23.6 Å². The first-order valence-electron chi connectivity index (χ1n) is 8.21. The molecule has 1 amide bonds. The second-order valence-corrected chi connectivity index (χ2v) is 6.76. The molecular weight excluding hydrogens is 381 g/mol. The number of amides is 1. The van der Waals surface area contributed by atoms with Crippen molar-refractivity contribution in [2.45, 2.75) is 12.7 Å². The smallest absolute Gasteiger partial charge is 0.422 e. The first-order valence-corrected chi connectivity index (χ1v) is 9.60. The minimum atomic E-state index is -4.37. The Morgan fingerprint density at radius 1 is 1.22 bits per heavy atom. The van der Waals surface area contributed by atoms with Crippen LogP contribution in [0.4, 0.5) is 13.2 Å². The number of hydrogen-bond donors (Lipinski definition) is 2. The van der Waals surface area contributed by atoms with Gasteiger partial charge in [-0.15, -0.1) is 0 Å². The van der Waals surface area contributed by atoms with Crippen LogP contribution in [0.2, 0.25) is 0 Å². The lowest BCUT2D eigenvalue weighted by Gasteiger charge is -2.15. The van der Waals surface area contributed by atoms with Crippen molar-refractivity contribution < 1.29 is 22.7 Å². The quantitative estimate of drug-likeness (QED) is 0.374. The number of thioether (sulfide) groups is 1. The molecule has 0 atom stereocenters. The minimum absolute atomic E-state index is 0.0828. The normalized spacial score (nSPS) is 11.9. The number of carbonyl (C=O) groups excluding carboxylic acids is 1. The molecule has 0 radical (unpaired) electrons. The highest BCUT2D eigenvalue weighted by molar-refractivity contribution is 7.98. The van der Waals surface area contributed by atoms with Crippen molar-refractivity contribution in [3.05, 3.63) is 29.8 Å².